The van der Waals surface area contributed by atoms with Crippen molar-refractivity contribution in [3.63, 3.8) is 0 Å². The number of hydrogen-bond donors (Lipinski definition) is 5. The molecule has 0 aromatic heterocycles. The van der Waals surface area contributed by atoms with Gasteiger partial charge in [0.2, 0.25) is 17.6 Å². The fourth-order valence-electron chi connectivity index (χ4n) is 13.7. The molecule has 71 heavy (non-hydrogen) atoms. The lowest BCUT2D eigenvalue weighted by Gasteiger charge is -2.65. The first-order valence-corrected chi connectivity index (χ1v) is 26.2. The normalized spacial score (nSPS) is 32.0. The number of likely N-dealkylation sites (tertiary alicyclic amines) is 1. The van der Waals surface area contributed by atoms with Crippen LogP contribution in [0.1, 0.15) is 110 Å². The molecule has 1 saturated heterocycles. The summed E-state index contributed by atoms with van der Waals surface area (Å²) in [6.45, 7) is 16.3. The molecule has 4 amide bonds. The van der Waals surface area contributed by atoms with E-state index in [0.717, 1.165) is 93.2 Å². The zero-order valence-electron chi connectivity index (χ0n) is 42.6. The second-order valence-electron chi connectivity index (χ2n) is 22.4. The molecular formula is C57H76N6O8. The minimum atomic E-state index is -0.435. The number of nitrogens with one attached hydrogen (secondary N) is 3. The Morgan fingerprint density at radius 1 is 0.859 bits per heavy atom. The minimum Gasteiger partial charge on any atom is -0.504 e. The van der Waals surface area contributed by atoms with Gasteiger partial charge in [-0.1, -0.05) is 75.8 Å². The lowest BCUT2D eigenvalue weighted by atomic mass is 9.39. The summed E-state index contributed by atoms with van der Waals surface area (Å²) in [5, 5.41) is 18.7. The van der Waals surface area contributed by atoms with Crippen LogP contribution in [0.15, 0.2) is 106 Å². The van der Waals surface area contributed by atoms with E-state index in [1.165, 1.54) is 11.1 Å². The average molecular weight is 973 g/mol. The van der Waals surface area contributed by atoms with Gasteiger partial charge in [-0.15, -0.1) is 0 Å². The van der Waals surface area contributed by atoms with Gasteiger partial charge >= 0.3 is 6.03 Å². The number of allylic oxidation sites excluding steroid dienone is 9. The number of benzene rings is 1. The number of urea groups is 1. The van der Waals surface area contributed by atoms with Gasteiger partial charge in [-0.05, 0) is 134 Å². The van der Waals surface area contributed by atoms with Gasteiger partial charge < -0.3 is 40.6 Å². The summed E-state index contributed by atoms with van der Waals surface area (Å²) in [6, 6.07) is 8.02. The van der Waals surface area contributed by atoms with E-state index in [1.54, 1.807) is 12.2 Å². The van der Waals surface area contributed by atoms with Crippen molar-refractivity contribution in [1.82, 2.24) is 21.0 Å². The van der Waals surface area contributed by atoms with E-state index in [9.17, 15) is 24.3 Å². The number of fused-ring (bicyclic) bond motifs is 8. The molecule has 382 valence electrons. The molecule has 14 heteroatoms. The monoisotopic (exact) mass is 973 g/mol. The number of aliphatic hydroxyl groups excluding tert-OH is 1. The molecule has 6 N–H and O–H groups in total. The van der Waals surface area contributed by atoms with Crippen molar-refractivity contribution in [3.8, 4) is 0 Å². The van der Waals surface area contributed by atoms with Gasteiger partial charge in [0.05, 0.1) is 44.8 Å². The first-order valence-electron chi connectivity index (χ1n) is 26.2. The molecule has 0 bridgehead atoms. The number of ether oxygens (including phenoxy) is 3. The SMILES string of the molecule is CC1=C(O)C(=O)C=C2C1=CC=C1C2(C)CCC2C3CC(C)(C(=O)NCCCOCCOCCOCCNC(=O)N4CCCC(c5ccc(N6C=C7C=CC=C(C(N)=O)C7N6)cc5)C4)CCC3(C)CCC12C. The Balaban J connectivity index is 0.623. The van der Waals surface area contributed by atoms with Gasteiger partial charge in [-0.2, -0.15) is 0 Å². The molecule has 1 aromatic rings. The molecule has 2 aliphatic heterocycles. The van der Waals surface area contributed by atoms with Crippen molar-refractivity contribution in [2.24, 2.45) is 39.2 Å². The molecule has 9 rings (SSSR count). The summed E-state index contributed by atoms with van der Waals surface area (Å²) < 4.78 is 17.2. The van der Waals surface area contributed by atoms with E-state index in [-0.39, 0.29) is 51.7 Å². The largest absolute Gasteiger partial charge is 0.504 e. The Bertz CT molecular complexity index is 2490. The lowest BCUT2D eigenvalue weighted by Crippen LogP contribution is -2.57. The van der Waals surface area contributed by atoms with E-state index in [4.69, 9.17) is 19.9 Å². The number of nitrogens with two attached hydrogens (primary N) is 1. The molecule has 14 nitrogen and oxygen atoms in total. The Morgan fingerprint density at radius 2 is 1.59 bits per heavy atom. The third kappa shape index (κ3) is 9.98. The summed E-state index contributed by atoms with van der Waals surface area (Å²) in [7, 11) is 0. The minimum absolute atomic E-state index is 0.0245. The topological polar surface area (TPSA) is 185 Å². The number of carbonyl (C=O) groups is 4. The molecule has 8 atom stereocenters. The predicted octanol–water partition coefficient (Wildman–Crippen LogP) is 7.93. The Labute approximate surface area is 419 Å². The summed E-state index contributed by atoms with van der Waals surface area (Å²) in [6.07, 6.45) is 23.5. The molecule has 4 fully saturated rings. The number of piperidine rings is 1. The standard InChI is InChI=1S/C57H76N6O8/c1-37-42-16-17-48-56(4,45(42)33-47(64)50(37)65)19-18-44-46-34-55(3,21-20-54(46,2)22-23-57(44,48)5)52(67)59-24-8-27-69-29-31-71-32-30-70-28-25-60-53(68)62-26-7-10-39(35-62)38-12-14-41(15-13-38)63-36-40-9-6-11-43(51(58)66)49(40)61-63/h6,9,11-17,33,36,39,44,46,49,61,65H,7-8,10,18-32,34-35H2,1-5H3,(H2,58,66)(H,59,67)(H,60,68). The number of amides is 4. The van der Waals surface area contributed by atoms with Crippen LogP contribution in [0.4, 0.5) is 10.5 Å². The van der Waals surface area contributed by atoms with Crippen LogP contribution < -0.4 is 26.8 Å². The molecule has 2 heterocycles. The van der Waals surface area contributed by atoms with Crippen molar-refractivity contribution in [2.75, 3.05) is 70.8 Å². The first-order chi connectivity index (χ1) is 34.0. The van der Waals surface area contributed by atoms with Crippen LogP contribution in [0.3, 0.4) is 0 Å². The zero-order valence-corrected chi connectivity index (χ0v) is 42.6. The van der Waals surface area contributed by atoms with Crippen LogP contribution in [-0.4, -0.2) is 105 Å². The van der Waals surface area contributed by atoms with E-state index in [2.05, 4.69) is 80.2 Å². The number of hydrogen-bond acceptors (Lipinski definition) is 10. The summed E-state index contributed by atoms with van der Waals surface area (Å²) in [4.78, 5) is 53.6. The van der Waals surface area contributed by atoms with Crippen LogP contribution in [0.5, 0.6) is 0 Å². The maximum Gasteiger partial charge on any atom is 0.317 e. The second kappa shape index (κ2) is 20.7. The van der Waals surface area contributed by atoms with Crippen molar-refractivity contribution < 1.29 is 38.5 Å². The lowest BCUT2D eigenvalue weighted by molar-refractivity contribution is -0.144. The molecule has 1 aromatic carbocycles. The van der Waals surface area contributed by atoms with Crippen molar-refractivity contribution in [1.29, 1.82) is 0 Å². The highest BCUT2D eigenvalue weighted by Crippen LogP contribution is 2.70. The maximum absolute atomic E-state index is 13.9. The van der Waals surface area contributed by atoms with Gasteiger partial charge in [-0.25, -0.2) is 10.2 Å². The van der Waals surface area contributed by atoms with Gasteiger partial charge in [0.25, 0.3) is 0 Å². The number of carbonyl (C=O) groups excluding carboxylic acids is 4. The number of ketones is 1. The number of anilines is 1. The predicted molar refractivity (Wildman–Crippen MR) is 274 cm³/mol. The van der Waals surface area contributed by atoms with Gasteiger partial charge in [0, 0.05) is 66.9 Å². The number of primary amides is 1. The zero-order chi connectivity index (χ0) is 50.1. The van der Waals surface area contributed by atoms with Crippen molar-refractivity contribution in [2.45, 2.75) is 111 Å². The van der Waals surface area contributed by atoms with E-state index < -0.39 is 11.3 Å². The molecule has 6 aliphatic carbocycles. The van der Waals surface area contributed by atoms with Crippen LogP contribution in [0.25, 0.3) is 0 Å². The quantitative estimate of drug-likeness (QED) is 0.0962. The summed E-state index contributed by atoms with van der Waals surface area (Å²) in [5.74, 6) is 0.424. The molecular weight excluding hydrogens is 897 g/mol. The number of rotatable bonds is 17. The van der Waals surface area contributed by atoms with E-state index in [0.29, 0.717) is 82.3 Å². The highest BCUT2D eigenvalue weighted by molar-refractivity contribution is 6.06. The third-order valence-electron chi connectivity index (χ3n) is 18.0. The fraction of sp³-hybridized carbons (Fsp3) is 0.579. The number of hydrazine groups is 1. The third-order valence-corrected chi connectivity index (χ3v) is 18.0. The Morgan fingerprint density at radius 3 is 2.35 bits per heavy atom. The van der Waals surface area contributed by atoms with Crippen LogP contribution >= 0.6 is 0 Å². The summed E-state index contributed by atoms with van der Waals surface area (Å²) >= 11 is 0. The molecule has 8 unspecified atom stereocenters. The molecule has 0 radical (unpaired) electrons. The molecule has 3 saturated carbocycles. The van der Waals surface area contributed by atoms with E-state index >= 15 is 0 Å². The van der Waals surface area contributed by atoms with Crippen LogP contribution in [0.2, 0.25) is 0 Å². The van der Waals surface area contributed by atoms with E-state index in [1.807, 2.05) is 35.2 Å². The maximum atomic E-state index is 13.9. The highest BCUT2D eigenvalue weighted by Gasteiger charge is 2.62. The van der Waals surface area contributed by atoms with Gasteiger partial charge in [0.1, 0.15) is 0 Å². The van der Waals surface area contributed by atoms with Gasteiger partial charge in [0.15, 0.2) is 5.76 Å². The first kappa shape index (κ1) is 50.7. The van der Waals surface area contributed by atoms with Crippen molar-refractivity contribution in [3.05, 3.63) is 112 Å². The van der Waals surface area contributed by atoms with Crippen LogP contribution in [0, 0.1) is 33.5 Å². The second-order valence-corrected chi connectivity index (χ2v) is 22.4. The highest BCUT2D eigenvalue weighted by atomic mass is 16.5. The molecule has 8 aliphatic rings. The Hall–Kier alpha value is -5.28. The number of aliphatic hydroxyl groups is 1. The van der Waals surface area contributed by atoms with Gasteiger partial charge in [-0.3, -0.25) is 19.4 Å². The Kier molecular flexibility index (Phi) is 14.8. The summed E-state index contributed by atoms with van der Waals surface area (Å²) in [5.41, 5.74) is 16.3. The number of nitrogens with zero attached hydrogens (tertiary/aromatic N) is 2. The smallest absolute Gasteiger partial charge is 0.317 e. The van der Waals surface area contributed by atoms with Crippen molar-refractivity contribution >= 4 is 29.3 Å². The fourth-order valence-corrected chi connectivity index (χ4v) is 13.7. The average Bonchev–Trinajstić information content (AvgIpc) is 3.81. The molecule has 0 spiro atoms. The van der Waals surface area contributed by atoms with Crippen LogP contribution in [-0.2, 0) is 28.6 Å².